The third kappa shape index (κ3) is 39.5. The number of carboxylic acid groups (broad SMARTS) is 1. The maximum atomic E-state index is 12.6. The molecule has 0 aromatic rings. The number of carboxylic acids is 1. The minimum absolute atomic E-state index is 0.0934. The number of unbranched alkanes of at least 4 members (excludes halogenated alkanes) is 13. The van der Waals surface area contributed by atoms with Crippen molar-refractivity contribution in [3.63, 3.8) is 0 Å². The van der Waals surface area contributed by atoms with Crippen molar-refractivity contribution < 1.29 is 47.5 Å². The fourth-order valence-electron chi connectivity index (χ4n) is 5.28. The number of carbonyl (C=O) groups excluding carboxylic acids is 2. The Kier molecular flexibility index (Phi) is 37.6. The minimum atomic E-state index is -4.74. The maximum absolute atomic E-state index is 12.6. The van der Waals surface area contributed by atoms with Crippen LogP contribution in [0.2, 0.25) is 0 Å². The number of esters is 2. The Bertz CT molecular complexity index is 1240. The Morgan fingerprint density at radius 3 is 1.51 bits per heavy atom. The van der Waals surface area contributed by atoms with E-state index in [1.54, 1.807) is 0 Å². The number of nitrogens with two attached hydrogens (primary N) is 1. The highest BCUT2D eigenvalue weighted by Crippen LogP contribution is 2.43. The van der Waals surface area contributed by atoms with E-state index in [0.29, 0.717) is 12.8 Å². The van der Waals surface area contributed by atoms with Crippen LogP contribution in [0, 0.1) is 0 Å². The van der Waals surface area contributed by atoms with Crippen LogP contribution >= 0.6 is 7.82 Å². The second-order valence-corrected chi connectivity index (χ2v) is 15.6. The first-order valence-electron chi connectivity index (χ1n) is 21.5. The Morgan fingerprint density at radius 1 is 0.544 bits per heavy atom. The van der Waals surface area contributed by atoms with Crippen LogP contribution in [-0.4, -0.2) is 59.9 Å². The SMILES string of the molecule is CCCCC/C=C/C/C=C/C/C=C/C/C=C/C/C=C/CCC(=O)OC[C@@H](COP(=O)(O)OC[C@@H](N)C(=O)O)OC(=O)CCCCCCC/C=C/CCCCCCC. The molecule has 0 aliphatic carbocycles. The molecule has 0 bridgehead atoms. The average Bonchev–Trinajstić information content (AvgIpc) is 3.19. The zero-order valence-corrected chi connectivity index (χ0v) is 36.0. The molecule has 0 aromatic carbocycles. The second kappa shape index (κ2) is 39.7. The number of aliphatic carboxylic acids is 1. The van der Waals surface area contributed by atoms with Crippen molar-refractivity contribution >= 4 is 25.7 Å². The molecule has 0 spiro atoms. The van der Waals surface area contributed by atoms with E-state index in [1.165, 1.54) is 57.8 Å². The van der Waals surface area contributed by atoms with Crippen molar-refractivity contribution in [3.05, 3.63) is 72.9 Å². The van der Waals surface area contributed by atoms with E-state index >= 15 is 0 Å². The topological polar surface area (TPSA) is 172 Å². The van der Waals surface area contributed by atoms with Crippen molar-refractivity contribution in [1.82, 2.24) is 0 Å². The van der Waals surface area contributed by atoms with Crippen molar-refractivity contribution in [3.8, 4) is 0 Å². The van der Waals surface area contributed by atoms with Crippen LogP contribution in [0.25, 0.3) is 0 Å². The van der Waals surface area contributed by atoms with Gasteiger partial charge in [-0.15, -0.1) is 0 Å². The van der Waals surface area contributed by atoms with Gasteiger partial charge in [0.25, 0.3) is 0 Å². The molecule has 0 aromatic heterocycles. The summed E-state index contributed by atoms with van der Waals surface area (Å²) in [6.07, 6.45) is 46.9. The summed E-state index contributed by atoms with van der Waals surface area (Å²) >= 11 is 0. The average molecular weight is 822 g/mol. The first-order valence-corrected chi connectivity index (χ1v) is 23.0. The van der Waals surface area contributed by atoms with Crippen LogP contribution in [0.1, 0.15) is 162 Å². The van der Waals surface area contributed by atoms with E-state index in [0.717, 1.165) is 64.2 Å². The molecule has 0 aliphatic heterocycles. The molecular formula is C45H76NO10P. The summed E-state index contributed by atoms with van der Waals surface area (Å²) in [5.74, 6) is -2.50. The Balaban J connectivity index is 4.52. The standard InChI is InChI=1S/C45H76NO10P/c1-3-5-7-9-11-13-15-17-19-20-21-22-23-25-26-28-30-32-34-36-43(47)53-38-41(39-54-57(51,52)55-40-42(46)45(49)50)56-44(48)37-35-33-31-29-27-24-18-16-14-12-10-8-6-4-2/h11,13,16-19,21-22,25-26,30,32,41-42H,3-10,12,14-15,20,23-24,27-29,31,33-40,46H2,1-2H3,(H,49,50)(H,51,52)/b13-11+,18-16+,19-17+,22-21+,26-25+,32-30+/t41-,42+/m0/s1. The van der Waals surface area contributed by atoms with E-state index in [1.807, 2.05) is 12.2 Å². The molecule has 12 heteroatoms. The van der Waals surface area contributed by atoms with Gasteiger partial charge >= 0.3 is 25.7 Å². The van der Waals surface area contributed by atoms with Crippen LogP contribution < -0.4 is 5.73 Å². The second-order valence-electron chi connectivity index (χ2n) is 14.1. The fourth-order valence-corrected chi connectivity index (χ4v) is 6.05. The third-order valence-corrected chi connectivity index (χ3v) is 9.64. The lowest BCUT2D eigenvalue weighted by Gasteiger charge is -2.20. The van der Waals surface area contributed by atoms with E-state index in [-0.39, 0.29) is 12.8 Å². The number of ether oxygens (including phenoxy) is 2. The van der Waals surface area contributed by atoms with Crippen molar-refractivity contribution in [2.24, 2.45) is 5.73 Å². The zero-order chi connectivity index (χ0) is 42.1. The van der Waals surface area contributed by atoms with Gasteiger partial charge in [-0.25, -0.2) is 4.57 Å². The van der Waals surface area contributed by atoms with Gasteiger partial charge in [0.05, 0.1) is 13.2 Å². The van der Waals surface area contributed by atoms with Gasteiger partial charge in [-0.3, -0.25) is 23.4 Å². The first-order chi connectivity index (χ1) is 27.6. The molecule has 0 radical (unpaired) electrons. The third-order valence-electron chi connectivity index (χ3n) is 8.69. The summed E-state index contributed by atoms with van der Waals surface area (Å²) in [5, 5.41) is 8.88. The monoisotopic (exact) mass is 822 g/mol. The lowest BCUT2D eigenvalue weighted by atomic mass is 10.1. The van der Waals surface area contributed by atoms with Crippen LogP contribution in [0.5, 0.6) is 0 Å². The molecule has 1 unspecified atom stereocenters. The summed E-state index contributed by atoms with van der Waals surface area (Å²) < 4.78 is 32.6. The normalized spacial score (nSPS) is 14.5. The number of hydrogen-bond acceptors (Lipinski definition) is 9. The van der Waals surface area contributed by atoms with Gasteiger partial charge in [0.1, 0.15) is 12.6 Å². The summed E-state index contributed by atoms with van der Waals surface area (Å²) in [7, 11) is -4.74. The molecule has 0 fully saturated rings. The molecule has 326 valence electrons. The van der Waals surface area contributed by atoms with Crippen molar-refractivity contribution in [2.75, 3.05) is 19.8 Å². The Labute approximate surface area is 344 Å². The van der Waals surface area contributed by atoms with Gasteiger partial charge in [-0.2, -0.15) is 0 Å². The fraction of sp³-hybridized carbons (Fsp3) is 0.667. The lowest BCUT2D eigenvalue weighted by Crippen LogP contribution is -2.34. The molecule has 4 N–H and O–H groups in total. The van der Waals surface area contributed by atoms with E-state index < -0.39 is 57.7 Å². The van der Waals surface area contributed by atoms with E-state index in [4.69, 9.17) is 24.8 Å². The summed E-state index contributed by atoms with van der Waals surface area (Å²) in [6.45, 7) is 2.66. The molecule has 0 amide bonds. The highest BCUT2D eigenvalue weighted by molar-refractivity contribution is 7.47. The smallest absolute Gasteiger partial charge is 0.472 e. The van der Waals surface area contributed by atoms with Gasteiger partial charge in [-0.1, -0.05) is 145 Å². The summed E-state index contributed by atoms with van der Waals surface area (Å²) in [6, 6.07) is -1.53. The Morgan fingerprint density at radius 2 is 0.965 bits per heavy atom. The lowest BCUT2D eigenvalue weighted by molar-refractivity contribution is -0.161. The van der Waals surface area contributed by atoms with Gasteiger partial charge in [0.15, 0.2) is 6.10 Å². The minimum Gasteiger partial charge on any atom is -0.480 e. The largest absolute Gasteiger partial charge is 0.480 e. The Hall–Kier alpha value is -3.08. The number of rotatable bonds is 39. The first kappa shape index (κ1) is 53.9. The van der Waals surface area contributed by atoms with E-state index in [9.17, 15) is 23.8 Å². The number of carbonyl (C=O) groups is 3. The number of allylic oxidation sites excluding steroid dienone is 12. The van der Waals surface area contributed by atoms with Gasteiger partial charge in [0, 0.05) is 12.8 Å². The highest BCUT2D eigenvalue weighted by Gasteiger charge is 2.28. The highest BCUT2D eigenvalue weighted by atomic mass is 31.2. The molecule has 3 atom stereocenters. The van der Waals surface area contributed by atoms with Crippen LogP contribution in [-0.2, 0) is 37.5 Å². The molecule has 11 nitrogen and oxygen atoms in total. The quantitative estimate of drug-likeness (QED) is 0.0233. The molecular weight excluding hydrogens is 745 g/mol. The molecule has 0 saturated carbocycles. The molecule has 57 heavy (non-hydrogen) atoms. The number of hydrogen-bond donors (Lipinski definition) is 3. The zero-order valence-electron chi connectivity index (χ0n) is 35.2. The molecule has 0 saturated heterocycles. The van der Waals surface area contributed by atoms with Crippen molar-refractivity contribution in [1.29, 1.82) is 0 Å². The number of phosphoric ester groups is 1. The van der Waals surface area contributed by atoms with Gasteiger partial charge in [0.2, 0.25) is 0 Å². The molecule has 0 aliphatic rings. The van der Waals surface area contributed by atoms with Crippen LogP contribution in [0.3, 0.4) is 0 Å². The predicted molar refractivity (Wildman–Crippen MR) is 231 cm³/mol. The van der Waals surface area contributed by atoms with Gasteiger partial charge < -0.3 is 25.2 Å². The van der Waals surface area contributed by atoms with Crippen molar-refractivity contribution in [2.45, 2.75) is 174 Å². The summed E-state index contributed by atoms with van der Waals surface area (Å²) in [5.41, 5.74) is 5.32. The predicted octanol–water partition coefficient (Wildman–Crippen LogP) is 11.3. The number of phosphoric acid groups is 1. The van der Waals surface area contributed by atoms with E-state index in [2.05, 4.69) is 79.1 Å². The van der Waals surface area contributed by atoms with Crippen LogP contribution in [0.4, 0.5) is 0 Å². The molecule has 0 rings (SSSR count). The maximum Gasteiger partial charge on any atom is 0.472 e. The summed E-state index contributed by atoms with van der Waals surface area (Å²) in [4.78, 5) is 45.9. The van der Waals surface area contributed by atoms with Gasteiger partial charge in [-0.05, 0) is 77.0 Å². The van der Waals surface area contributed by atoms with Crippen LogP contribution in [0.15, 0.2) is 72.9 Å². The molecule has 0 heterocycles.